The molecule has 166 valence electrons. The first-order chi connectivity index (χ1) is 15.2. The number of amides is 5. The van der Waals surface area contributed by atoms with Gasteiger partial charge in [0.05, 0.1) is 11.3 Å². The second-order valence-electron chi connectivity index (χ2n) is 7.91. The number of para-hydroxylation sites is 1. The van der Waals surface area contributed by atoms with Gasteiger partial charge in [-0.05, 0) is 50.1 Å². The minimum atomic E-state index is -1.87. The van der Waals surface area contributed by atoms with Crippen molar-refractivity contribution in [1.82, 2.24) is 15.5 Å². The summed E-state index contributed by atoms with van der Waals surface area (Å²) in [5.41, 5.74) is -1.75. The first kappa shape index (κ1) is 21.4. The lowest BCUT2D eigenvalue weighted by molar-refractivity contribution is -0.133. The van der Waals surface area contributed by atoms with Gasteiger partial charge in [0.2, 0.25) is 5.91 Å². The first-order valence-electron chi connectivity index (χ1n) is 9.98. The smallest absolute Gasteiger partial charge is 0.325 e. The molecule has 1 saturated heterocycles. The second kappa shape index (κ2) is 8.03. The number of urea groups is 1. The van der Waals surface area contributed by atoms with E-state index in [-0.39, 0.29) is 28.8 Å². The van der Waals surface area contributed by atoms with Crippen LogP contribution in [-0.4, -0.2) is 41.2 Å². The molecule has 4 rings (SSSR count). The highest BCUT2D eigenvalue weighted by Gasteiger charge is 2.50. The monoisotopic (exact) mass is 442 g/mol. The van der Waals surface area contributed by atoms with Gasteiger partial charge >= 0.3 is 6.03 Å². The topological polar surface area (TPSA) is 108 Å². The third-order valence-electron chi connectivity index (χ3n) is 5.40. The lowest BCUT2D eigenvalue weighted by atomic mass is 9.91. The van der Waals surface area contributed by atoms with Crippen molar-refractivity contribution in [1.29, 1.82) is 0 Å². The molecule has 5 amide bonds. The fourth-order valence-electron chi connectivity index (χ4n) is 3.52. The van der Waals surface area contributed by atoms with Crippen LogP contribution in [0.4, 0.5) is 19.3 Å². The molecule has 2 fully saturated rings. The molecule has 32 heavy (non-hydrogen) atoms. The summed E-state index contributed by atoms with van der Waals surface area (Å²) in [4.78, 5) is 50.9. The third kappa shape index (κ3) is 4.03. The summed E-state index contributed by atoms with van der Waals surface area (Å²) >= 11 is 0. The number of anilines is 1. The molecular weight excluding hydrogens is 422 g/mol. The van der Waals surface area contributed by atoms with Crippen LogP contribution in [0.15, 0.2) is 42.5 Å². The van der Waals surface area contributed by atoms with E-state index in [4.69, 9.17) is 0 Å². The molecular formula is C22H20F2N4O4. The number of imide groups is 1. The Morgan fingerprint density at radius 1 is 1.16 bits per heavy atom. The van der Waals surface area contributed by atoms with E-state index in [0.29, 0.717) is 4.90 Å². The number of nitrogens with one attached hydrogen (secondary N) is 3. The van der Waals surface area contributed by atoms with E-state index in [9.17, 15) is 28.0 Å². The molecule has 1 heterocycles. The maximum atomic E-state index is 14.3. The van der Waals surface area contributed by atoms with Crippen LogP contribution in [0.3, 0.4) is 0 Å². The highest BCUT2D eigenvalue weighted by atomic mass is 19.1. The van der Waals surface area contributed by atoms with Crippen molar-refractivity contribution in [3.8, 4) is 0 Å². The lowest BCUT2D eigenvalue weighted by Gasteiger charge is -2.22. The molecule has 1 saturated carbocycles. The Kier molecular flexibility index (Phi) is 5.37. The van der Waals surface area contributed by atoms with Gasteiger partial charge in [-0.25, -0.2) is 13.6 Å². The number of hydrogen-bond acceptors (Lipinski definition) is 4. The molecule has 1 aliphatic carbocycles. The molecule has 3 N–H and O–H groups in total. The molecule has 8 nitrogen and oxygen atoms in total. The molecule has 1 atom stereocenters. The Balaban J connectivity index is 1.50. The Hall–Kier alpha value is -3.82. The third-order valence-corrected chi connectivity index (χ3v) is 5.40. The molecule has 10 heteroatoms. The SMILES string of the molecule is CC1(c2cc(F)ccc2F)NC(=O)N(CC(=O)Nc2ccccc2C(=O)NC2CC2)C1=O. The van der Waals surface area contributed by atoms with Crippen molar-refractivity contribution in [2.75, 3.05) is 11.9 Å². The van der Waals surface area contributed by atoms with Crippen molar-refractivity contribution in [2.24, 2.45) is 0 Å². The lowest BCUT2D eigenvalue weighted by Crippen LogP contribution is -2.43. The molecule has 0 radical (unpaired) electrons. The molecule has 0 spiro atoms. The normalized spacial score (nSPS) is 20.2. The van der Waals surface area contributed by atoms with E-state index in [1.165, 1.54) is 13.0 Å². The molecule has 0 aromatic heterocycles. The quantitative estimate of drug-likeness (QED) is 0.597. The van der Waals surface area contributed by atoms with Crippen molar-refractivity contribution in [3.63, 3.8) is 0 Å². The molecule has 2 aromatic carbocycles. The van der Waals surface area contributed by atoms with Crippen LogP contribution in [0.25, 0.3) is 0 Å². The molecule has 2 aliphatic rings. The van der Waals surface area contributed by atoms with Crippen molar-refractivity contribution in [2.45, 2.75) is 31.3 Å². The molecule has 1 unspecified atom stereocenters. The summed E-state index contributed by atoms with van der Waals surface area (Å²) in [6, 6.07) is 8.12. The highest BCUT2D eigenvalue weighted by Crippen LogP contribution is 2.31. The summed E-state index contributed by atoms with van der Waals surface area (Å²) < 4.78 is 27.9. The van der Waals surface area contributed by atoms with Crippen LogP contribution in [0, 0.1) is 11.6 Å². The zero-order valence-electron chi connectivity index (χ0n) is 17.1. The van der Waals surface area contributed by atoms with Gasteiger partial charge < -0.3 is 16.0 Å². The number of halogens is 2. The van der Waals surface area contributed by atoms with E-state index in [1.54, 1.807) is 18.2 Å². The fraction of sp³-hybridized carbons (Fsp3) is 0.273. The number of benzene rings is 2. The number of carbonyl (C=O) groups is 4. The van der Waals surface area contributed by atoms with Gasteiger partial charge in [0, 0.05) is 11.6 Å². The van der Waals surface area contributed by atoms with Crippen LogP contribution in [0.1, 0.15) is 35.7 Å². The summed E-state index contributed by atoms with van der Waals surface area (Å²) in [7, 11) is 0. The molecule has 0 bridgehead atoms. The van der Waals surface area contributed by atoms with Crippen LogP contribution in [0.5, 0.6) is 0 Å². The number of rotatable bonds is 6. The fourth-order valence-corrected chi connectivity index (χ4v) is 3.52. The number of nitrogens with zero attached hydrogens (tertiary/aromatic N) is 1. The highest BCUT2D eigenvalue weighted by molar-refractivity contribution is 6.11. The van der Waals surface area contributed by atoms with E-state index >= 15 is 0 Å². The maximum Gasteiger partial charge on any atom is 0.325 e. The molecule has 1 aliphatic heterocycles. The standard InChI is InChI=1S/C22H20F2N4O4/c1-22(15-10-12(23)6-9-16(15)24)20(31)28(21(32)27-22)11-18(29)26-17-5-3-2-4-14(17)19(30)25-13-7-8-13/h2-6,9-10,13H,7-8,11H2,1H3,(H,25,30)(H,26,29)(H,27,32). The zero-order chi connectivity index (χ0) is 23.0. The first-order valence-corrected chi connectivity index (χ1v) is 9.98. The number of carbonyl (C=O) groups excluding carboxylic acids is 4. The van der Waals surface area contributed by atoms with E-state index in [2.05, 4.69) is 16.0 Å². The van der Waals surface area contributed by atoms with Crippen molar-refractivity contribution in [3.05, 3.63) is 65.2 Å². The predicted octanol–water partition coefficient (Wildman–Crippen LogP) is 2.26. The average Bonchev–Trinajstić information content (AvgIpc) is 3.53. The maximum absolute atomic E-state index is 14.3. The molecule has 2 aromatic rings. The largest absolute Gasteiger partial charge is 0.349 e. The van der Waals surface area contributed by atoms with E-state index in [1.807, 2.05) is 0 Å². The minimum absolute atomic E-state index is 0.123. The average molecular weight is 442 g/mol. The second-order valence-corrected chi connectivity index (χ2v) is 7.91. The van der Waals surface area contributed by atoms with Gasteiger partial charge in [0.1, 0.15) is 23.7 Å². The van der Waals surface area contributed by atoms with Crippen LogP contribution in [0.2, 0.25) is 0 Å². The predicted molar refractivity (Wildman–Crippen MR) is 110 cm³/mol. The Labute approximate surface area is 182 Å². The van der Waals surface area contributed by atoms with Crippen LogP contribution < -0.4 is 16.0 Å². The van der Waals surface area contributed by atoms with Gasteiger partial charge in [-0.15, -0.1) is 0 Å². The van der Waals surface area contributed by atoms with Gasteiger partial charge in [0.15, 0.2) is 0 Å². The summed E-state index contributed by atoms with van der Waals surface area (Å²) in [5, 5.41) is 7.69. The van der Waals surface area contributed by atoms with E-state index < -0.39 is 41.6 Å². The van der Waals surface area contributed by atoms with Crippen LogP contribution in [-0.2, 0) is 15.1 Å². The van der Waals surface area contributed by atoms with Gasteiger partial charge in [-0.1, -0.05) is 12.1 Å². The number of hydrogen-bond donors (Lipinski definition) is 3. The summed E-state index contributed by atoms with van der Waals surface area (Å²) in [6.45, 7) is 0.566. The van der Waals surface area contributed by atoms with Gasteiger partial charge in [0.25, 0.3) is 11.8 Å². The van der Waals surface area contributed by atoms with Crippen molar-refractivity contribution >= 4 is 29.4 Å². The Morgan fingerprint density at radius 3 is 2.59 bits per heavy atom. The van der Waals surface area contributed by atoms with Crippen molar-refractivity contribution < 1.29 is 28.0 Å². The Morgan fingerprint density at radius 2 is 1.88 bits per heavy atom. The van der Waals surface area contributed by atoms with Gasteiger partial charge in [-0.3, -0.25) is 19.3 Å². The minimum Gasteiger partial charge on any atom is -0.349 e. The van der Waals surface area contributed by atoms with Gasteiger partial charge in [-0.2, -0.15) is 0 Å². The summed E-state index contributed by atoms with van der Waals surface area (Å²) in [5.74, 6) is -3.62. The zero-order valence-corrected chi connectivity index (χ0v) is 17.1. The van der Waals surface area contributed by atoms with E-state index in [0.717, 1.165) is 31.0 Å². The Bertz CT molecular complexity index is 1130. The van der Waals surface area contributed by atoms with Crippen LogP contribution >= 0.6 is 0 Å². The summed E-state index contributed by atoms with van der Waals surface area (Å²) in [6.07, 6.45) is 1.80.